The van der Waals surface area contributed by atoms with Gasteiger partial charge in [-0.3, -0.25) is 0 Å². The molecule has 2 saturated carbocycles. The second kappa shape index (κ2) is 5.89. The van der Waals surface area contributed by atoms with Gasteiger partial charge in [-0.2, -0.15) is 0 Å². The number of hydrogen-bond acceptors (Lipinski definition) is 3. The highest BCUT2D eigenvalue weighted by Gasteiger charge is 2.32. The number of nitrogens with zero attached hydrogens (tertiary/aromatic N) is 1. The molecule has 0 spiro atoms. The molecule has 2 atom stereocenters. The van der Waals surface area contributed by atoms with Gasteiger partial charge in [0.2, 0.25) is 0 Å². The summed E-state index contributed by atoms with van der Waals surface area (Å²) >= 11 is 0. The summed E-state index contributed by atoms with van der Waals surface area (Å²) in [5.41, 5.74) is 0. The second-order valence-electron chi connectivity index (χ2n) is 6.65. The van der Waals surface area contributed by atoms with Gasteiger partial charge in [0.05, 0.1) is 13.2 Å². The van der Waals surface area contributed by atoms with Gasteiger partial charge in [-0.15, -0.1) is 0 Å². The van der Waals surface area contributed by atoms with Crippen molar-refractivity contribution in [2.45, 2.75) is 51.1 Å². The van der Waals surface area contributed by atoms with Crippen molar-refractivity contribution in [3.63, 3.8) is 0 Å². The van der Waals surface area contributed by atoms with Crippen molar-refractivity contribution >= 4 is 0 Å². The minimum absolute atomic E-state index is 0.578. The highest BCUT2D eigenvalue weighted by molar-refractivity contribution is 4.86. The van der Waals surface area contributed by atoms with E-state index in [1.54, 1.807) is 0 Å². The third-order valence-corrected chi connectivity index (χ3v) is 4.63. The molecule has 3 fully saturated rings. The van der Waals surface area contributed by atoms with E-state index in [0.29, 0.717) is 12.1 Å². The maximum atomic E-state index is 5.57. The molecule has 0 aromatic rings. The first-order valence-corrected chi connectivity index (χ1v) is 7.86. The van der Waals surface area contributed by atoms with Crippen LogP contribution < -0.4 is 5.32 Å². The molecule has 1 N–H and O–H groups in total. The average molecular weight is 252 g/mol. The van der Waals surface area contributed by atoms with Crippen molar-refractivity contribution in [2.24, 2.45) is 11.8 Å². The van der Waals surface area contributed by atoms with E-state index in [2.05, 4.69) is 17.1 Å². The number of nitrogens with one attached hydrogen (secondary N) is 1. The van der Waals surface area contributed by atoms with Crippen LogP contribution in [0.15, 0.2) is 0 Å². The van der Waals surface area contributed by atoms with E-state index in [9.17, 15) is 0 Å². The molecule has 104 valence electrons. The van der Waals surface area contributed by atoms with Gasteiger partial charge in [0, 0.05) is 31.7 Å². The lowest BCUT2D eigenvalue weighted by molar-refractivity contribution is 0.0606. The van der Waals surface area contributed by atoms with Crippen molar-refractivity contribution in [2.75, 3.05) is 32.8 Å². The number of hydrogen-bond donors (Lipinski definition) is 1. The largest absolute Gasteiger partial charge is 0.379 e. The quantitative estimate of drug-likeness (QED) is 0.749. The number of ether oxygens (including phenoxy) is 1. The van der Waals surface area contributed by atoms with E-state index in [1.807, 2.05) is 0 Å². The molecule has 1 aliphatic heterocycles. The van der Waals surface area contributed by atoms with Gasteiger partial charge >= 0.3 is 0 Å². The minimum Gasteiger partial charge on any atom is -0.379 e. The molecule has 2 aliphatic carbocycles. The Morgan fingerprint density at radius 2 is 1.83 bits per heavy atom. The molecule has 3 rings (SSSR count). The molecule has 3 heteroatoms. The van der Waals surface area contributed by atoms with Crippen molar-refractivity contribution < 1.29 is 4.74 Å². The number of rotatable bonds is 7. The monoisotopic (exact) mass is 252 g/mol. The molecule has 0 radical (unpaired) electrons. The molecular formula is C15H28N2O. The topological polar surface area (TPSA) is 24.5 Å². The summed E-state index contributed by atoms with van der Waals surface area (Å²) in [5, 5.41) is 3.59. The summed E-state index contributed by atoms with van der Waals surface area (Å²) in [6.07, 6.45) is 7.13. The molecule has 1 heterocycles. The van der Waals surface area contributed by atoms with Crippen LogP contribution in [0.2, 0.25) is 0 Å². The summed E-state index contributed by atoms with van der Waals surface area (Å²) in [4.78, 5) is 2.77. The van der Waals surface area contributed by atoms with Crippen LogP contribution in [0, 0.1) is 11.8 Å². The highest BCUT2D eigenvalue weighted by atomic mass is 16.5. The van der Waals surface area contributed by atoms with Crippen LogP contribution >= 0.6 is 0 Å². The Hall–Kier alpha value is -0.120. The fourth-order valence-corrected chi connectivity index (χ4v) is 3.03. The second-order valence-corrected chi connectivity index (χ2v) is 6.65. The first kappa shape index (κ1) is 12.9. The smallest absolute Gasteiger partial charge is 0.0620 e. The van der Waals surface area contributed by atoms with Gasteiger partial charge in [0.25, 0.3) is 0 Å². The Kier molecular flexibility index (Phi) is 4.22. The van der Waals surface area contributed by atoms with Crippen LogP contribution in [-0.2, 0) is 4.74 Å². The van der Waals surface area contributed by atoms with E-state index in [1.165, 1.54) is 45.2 Å². The Morgan fingerprint density at radius 1 is 1.17 bits per heavy atom. The fraction of sp³-hybridized carbons (Fsp3) is 1.00. The average Bonchev–Trinajstić information content (AvgIpc) is 3.24. The predicted octanol–water partition coefficient (Wildman–Crippen LogP) is 1.88. The summed E-state index contributed by atoms with van der Waals surface area (Å²) in [6, 6.07) is 1.29. The standard InChI is InChI=1S/C15H28N2O/c1-12(8-15-11-18-7-6-16-15)17(9-13-2-3-13)10-14-4-5-14/h12-16H,2-11H2,1H3. The van der Waals surface area contributed by atoms with Gasteiger partial charge in [0.15, 0.2) is 0 Å². The fourth-order valence-electron chi connectivity index (χ4n) is 3.03. The third-order valence-electron chi connectivity index (χ3n) is 4.63. The molecule has 1 saturated heterocycles. The number of morpholine rings is 1. The summed E-state index contributed by atoms with van der Waals surface area (Å²) in [7, 11) is 0. The van der Waals surface area contributed by atoms with Gasteiger partial charge in [-0.05, 0) is 50.9 Å². The lowest BCUT2D eigenvalue weighted by atomic mass is 10.1. The van der Waals surface area contributed by atoms with E-state index >= 15 is 0 Å². The maximum absolute atomic E-state index is 5.57. The SMILES string of the molecule is CC(CC1COCCN1)N(CC1CC1)CC1CC1. The molecule has 3 nitrogen and oxygen atoms in total. The third kappa shape index (κ3) is 3.94. The molecule has 2 unspecified atom stereocenters. The Morgan fingerprint density at radius 3 is 2.33 bits per heavy atom. The maximum Gasteiger partial charge on any atom is 0.0620 e. The molecule has 0 aromatic carbocycles. The Balaban J connectivity index is 1.47. The lowest BCUT2D eigenvalue weighted by Crippen LogP contribution is -2.46. The molecule has 0 bridgehead atoms. The highest BCUT2D eigenvalue weighted by Crippen LogP contribution is 2.34. The zero-order chi connectivity index (χ0) is 12.4. The van der Waals surface area contributed by atoms with Gasteiger partial charge in [-0.25, -0.2) is 0 Å². The zero-order valence-corrected chi connectivity index (χ0v) is 11.7. The van der Waals surface area contributed by atoms with E-state index in [4.69, 9.17) is 4.74 Å². The van der Waals surface area contributed by atoms with E-state index in [-0.39, 0.29) is 0 Å². The van der Waals surface area contributed by atoms with Crippen LogP contribution in [0.1, 0.15) is 39.0 Å². The van der Waals surface area contributed by atoms with Crippen molar-refractivity contribution in [1.29, 1.82) is 0 Å². The zero-order valence-electron chi connectivity index (χ0n) is 11.7. The van der Waals surface area contributed by atoms with Crippen LogP contribution in [0.4, 0.5) is 0 Å². The van der Waals surface area contributed by atoms with Crippen molar-refractivity contribution in [1.82, 2.24) is 10.2 Å². The van der Waals surface area contributed by atoms with Gasteiger partial charge in [0.1, 0.15) is 0 Å². The van der Waals surface area contributed by atoms with Crippen LogP contribution in [-0.4, -0.2) is 49.8 Å². The molecule has 0 aromatic heterocycles. The van der Waals surface area contributed by atoms with Crippen LogP contribution in [0.5, 0.6) is 0 Å². The van der Waals surface area contributed by atoms with Crippen LogP contribution in [0.3, 0.4) is 0 Å². The first-order valence-electron chi connectivity index (χ1n) is 7.86. The summed E-state index contributed by atoms with van der Waals surface area (Å²) in [6.45, 7) is 7.95. The van der Waals surface area contributed by atoms with Crippen molar-refractivity contribution in [3.8, 4) is 0 Å². The summed E-state index contributed by atoms with van der Waals surface area (Å²) < 4.78 is 5.57. The van der Waals surface area contributed by atoms with Gasteiger partial charge in [-0.1, -0.05) is 0 Å². The Bertz CT molecular complexity index is 243. The van der Waals surface area contributed by atoms with Gasteiger partial charge < -0.3 is 15.0 Å². The minimum atomic E-state index is 0.578. The van der Waals surface area contributed by atoms with E-state index < -0.39 is 0 Å². The van der Waals surface area contributed by atoms with E-state index in [0.717, 1.165) is 31.6 Å². The van der Waals surface area contributed by atoms with Crippen LogP contribution in [0.25, 0.3) is 0 Å². The first-order chi connectivity index (χ1) is 8.81. The van der Waals surface area contributed by atoms with Crippen molar-refractivity contribution in [3.05, 3.63) is 0 Å². The molecule has 0 amide bonds. The molecule has 18 heavy (non-hydrogen) atoms. The Labute approximate surface area is 111 Å². The predicted molar refractivity (Wildman–Crippen MR) is 73.7 cm³/mol. The lowest BCUT2D eigenvalue weighted by Gasteiger charge is -2.33. The normalized spacial score (nSPS) is 30.7. The molecular weight excluding hydrogens is 224 g/mol. The summed E-state index contributed by atoms with van der Waals surface area (Å²) in [5.74, 6) is 2.03. The molecule has 3 aliphatic rings.